The molecule has 0 atom stereocenters. The van der Waals surface area contributed by atoms with Gasteiger partial charge in [0.25, 0.3) is 0 Å². The minimum atomic E-state index is 0.0397. The Kier molecular flexibility index (Phi) is 3.25. The second-order valence-corrected chi connectivity index (χ2v) is 6.53. The van der Waals surface area contributed by atoms with Crippen molar-refractivity contribution in [2.45, 2.75) is 32.1 Å². The predicted molar refractivity (Wildman–Crippen MR) is 85.8 cm³/mol. The van der Waals surface area contributed by atoms with Gasteiger partial charge in [0.15, 0.2) is 0 Å². The lowest BCUT2D eigenvalue weighted by Crippen LogP contribution is -2.31. The van der Waals surface area contributed by atoms with Gasteiger partial charge in [0.1, 0.15) is 0 Å². The van der Waals surface area contributed by atoms with E-state index in [2.05, 4.69) is 86.7 Å². The van der Waals surface area contributed by atoms with Crippen molar-refractivity contribution in [3.63, 3.8) is 0 Å². The van der Waals surface area contributed by atoms with Crippen LogP contribution in [0.15, 0.2) is 72.8 Å². The lowest BCUT2D eigenvalue weighted by molar-refractivity contribution is 0.354. The number of hydrogen-bond donors (Lipinski definition) is 0. The maximum Gasteiger partial charge on any atom is 0.0382 e. The summed E-state index contributed by atoms with van der Waals surface area (Å²) in [6.07, 6.45) is 7.22. The van der Waals surface area contributed by atoms with Gasteiger partial charge in [0.2, 0.25) is 0 Å². The van der Waals surface area contributed by atoms with E-state index < -0.39 is 0 Å². The van der Waals surface area contributed by atoms with Crippen LogP contribution in [-0.2, 0) is 5.41 Å². The van der Waals surface area contributed by atoms with Gasteiger partial charge in [0, 0.05) is 5.41 Å². The van der Waals surface area contributed by atoms with Crippen LogP contribution in [-0.4, -0.2) is 0 Å². The Hall–Kier alpha value is -1.82. The maximum absolute atomic E-state index is 2.43. The quantitative estimate of drug-likeness (QED) is 0.640. The van der Waals surface area contributed by atoms with Gasteiger partial charge < -0.3 is 0 Å². The Morgan fingerprint density at radius 2 is 1.15 bits per heavy atom. The molecule has 0 aromatic heterocycles. The molecule has 0 spiro atoms. The Morgan fingerprint density at radius 3 is 1.55 bits per heavy atom. The van der Waals surface area contributed by atoms with Crippen molar-refractivity contribution in [2.24, 2.45) is 5.41 Å². The molecule has 20 heavy (non-hydrogen) atoms. The van der Waals surface area contributed by atoms with Gasteiger partial charge in [-0.3, -0.25) is 0 Å². The van der Waals surface area contributed by atoms with Gasteiger partial charge in [-0.1, -0.05) is 86.7 Å². The average Bonchev–Trinajstić information content (AvgIpc) is 2.50. The van der Waals surface area contributed by atoms with Crippen LogP contribution in [0.3, 0.4) is 0 Å². The highest BCUT2D eigenvalue weighted by Crippen LogP contribution is 2.45. The molecular formula is C20H22. The fraction of sp³-hybridized carbons (Fsp3) is 0.300. The molecule has 0 saturated heterocycles. The lowest BCUT2D eigenvalue weighted by Gasteiger charge is -2.39. The molecule has 2 aromatic rings. The van der Waals surface area contributed by atoms with Crippen LogP contribution in [0.4, 0.5) is 0 Å². The molecule has 0 radical (unpaired) electrons. The van der Waals surface area contributed by atoms with Crippen LogP contribution in [0.2, 0.25) is 0 Å². The summed E-state index contributed by atoms with van der Waals surface area (Å²) < 4.78 is 0. The molecule has 0 heterocycles. The summed E-state index contributed by atoms with van der Waals surface area (Å²) in [6.45, 7) is 4.65. The number of rotatable bonds is 2. The van der Waals surface area contributed by atoms with Gasteiger partial charge in [-0.05, 0) is 29.4 Å². The monoisotopic (exact) mass is 262 g/mol. The van der Waals surface area contributed by atoms with Crippen molar-refractivity contribution in [3.8, 4) is 0 Å². The SMILES string of the molecule is CC1(C)C=CC(c2ccccc2)(c2ccccc2)CC1. The van der Waals surface area contributed by atoms with Crippen molar-refractivity contribution >= 4 is 0 Å². The third kappa shape index (κ3) is 2.31. The highest BCUT2D eigenvalue weighted by atomic mass is 14.4. The molecule has 0 unspecified atom stereocenters. The van der Waals surface area contributed by atoms with Gasteiger partial charge in [-0.15, -0.1) is 0 Å². The molecule has 102 valence electrons. The number of hydrogen-bond acceptors (Lipinski definition) is 0. The second kappa shape index (κ2) is 4.94. The molecule has 0 saturated carbocycles. The van der Waals surface area contributed by atoms with E-state index in [1.807, 2.05) is 0 Å². The van der Waals surface area contributed by atoms with Crippen molar-refractivity contribution in [2.75, 3.05) is 0 Å². The largest absolute Gasteiger partial charge is 0.0816 e. The zero-order valence-electron chi connectivity index (χ0n) is 12.3. The molecule has 0 amide bonds. The van der Waals surface area contributed by atoms with E-state index in [0.29, 0.717) is 5.41 Å². The van der Waals surface area contributed by atoms with Gasteiger partial charge in [-0.2, -0.15) is 0 Å². The van der Waals surface area contributed by atoms with Gasteiger partial charge >= 0.3 is 0 Å². The molecule has 0 N–H and O–H groups in total. The van der Waals surface area contributed by atoms with E-state index in [9.17, 15) is 0 Å². The summed E-state index contributed by atoms with van der Waals surface area (Å²) in [5.41, 5.74) is 3.15. The predicted octanol–water partition coefficient (Wildman–Crippen LogP) is 5.35. The summed E-state index contributed by atoms with van der Waals surface area (Å²) >= 11 is 0. The Labute approximate surface area is 122 Å². The smallest absolute Gasteiger partial charge is 0.0382 e. The van der Waals surface area contributed by atoms with Crippen molar-refractivity contribution < 1.29 is 0 Å². The van der Waals surface area contributed by atoms with Gasteiger partial charge in [-0.25, -0.2) is 0 Å². The molecular weight excluding hydrogens is 240 g/mol. The van der Waals surface area contributed by atoms with Crippen LogP contribution >= 0.6 is 0 Å². The van der Waals surface area contributed by atoms with E-state index in [0.717, 1.165) is 0 Å². The normalized spacial score (nSPS) is 19.7. The topological polar surface area (TPSA) is 0 Å². The highest BCUT2D eigenvalue weighted by molar-refractivity contribution is 5.45. The summed E-state index contributed by atoms with van der Waals surface area (Å²) in [5, 5.41) is 0. The molecule has 2 aromatic carbocycles. The minimum absolute atomic E-state index is 0.0397. The molecule has 0 aliphatic heterocycles. The van der Waals surface area contributed by atoms with E-state index in [1.54, 1.807) is 0 Å². The molecule has 0 bridgehead atoms. The Balaban J connectivity index is 2.15. The number of benzene rings is 2. The Bertz CT molecular complexity index is 551. The summed E-state index contributed by atoms with van der Waals surface area (Å²) in [7, 11) is 0. The molecule has 1 aliphatic rings. The first kappa shape index (κ1) is 13.2. The van der Waals surface area contributed by atoms with Crippen LogP contribution < -0.4 is 0 Å². The second-order valence-electron chi connectivity index (χ2n) is 6.53. The standard InChI is InChI=1S/C20H22/c1-19(2)13-15-20(16-14-19,17-9-5-3-6-10-17)18-11-7-4-8-12-18/h3-13,15H,14,16H2,1-2H3. The van der Waals surface area contributed by atoms with Crippen molar-refractivity contribution in [3.05, 3.63) is 83.9 Å². The van der Waals surface area contributed by atoms with Gasteiger partial charge in [0.05, 0.1) is 0 Å². The zero-order chi connectivity index (χ0) is 14.1. The van der Waals surface area contributed by atoms with E-state index in [4.69, 9.17) is 0 Å². The number of allylic oxidation sites excluding steroid dienone is 2. The van der Waals surface area contributed by atoms with E-state index >= 15 is 0 Å². The molecule has 1 aliphatic carbocycles. The van der Waals surface area contributed by atoms with E-state index in [-0.39, 0.29) is 5.41 Å². The minimum Gasteiger partial charge on any atom is -0.0816 e. The first-order chi connectivity index (χ1) is 9.62. The summed E-state index contributed by atoms with van der Waals surface area (Å²) in [5.74, 6) is 0. The molecule has 0 fully saturated rings. The first-order valence-electron chi connectivity index (χ1n) is 7.44. The Morgan fingerprint density at radius 1 is 0.650 bits per heavy atom. The third-order valence-electron chi connectivity index (χ3n) is 4.56. The van der Waals surface area contributed by atoms with Crippen LogP contribution in [0.1, 0.15) is 37.8 Å². The first-order valence-corrected chi connectivity index (χ1v) is 7.44. The zero-order valence-corrected chi connectivity index (χ0v) is 12.3. The lowest BCUT2D eigenvalue weighted by atomic mass is 9.64. The summed E-state index contributed by atoms with van der Waals surface area (Å²) in [4.78, 5) is 0. The van der Waals surface area contributed by atoms with E-state index in [1.165, 1.54) is 24.0 Å². The van der Waals surface area contributed by atoms with Crippen LogP contribution in [0.5, 0.6) is 0 Å². The summed E-state index contributed by atoms with van der Waals surface area (Å²) in [6, 6.07) is 21.8. The van der Waals surface area contributed by atoms with Crippen LogP contribution in [0.25, 0.3) is 0 Å². The maximum atomic E-state index is 2.43. The molecule has 3 rings (SSSR count). The fourth-order valence-electron chi connectivity index (χ4n) is 3.17. The van der Waals surface area contributed by atoms with Crippen LogP contribution in [0, 0.1) is 5.41 Å². The highest BCUT2D eigenvalue weighted by Gasteiger charge is 2.36. The molecule has 0 nitrogen and oxygen atoms in total. The van der Waals surface area contributed by atoms with Crippen molar-refractivity contribution in [1.82, 2.24) is 0 Å². The average molecular weight is 262 g/mol. The molecule has 0 heteroatoms. The fourth-order valence-corrected chi connectivity index (χ4v) is 3.17. The van der Waals surface area contributed by atoms with Crippen molar-refractivity contribution in [1.29, 1.82) is 0 Å². The third-order valence-corrected chi connectivity index (χ3v) is 4.56.